The molecule has 22 heavy (non-hydrogen) atoms. The number of benzene rings is 1. The molecule has 1 heterocycles. The van der Waals surface area contributed by atoms with Gasteiger partial charge in [-0.05, 0) is 66.6 Å². The summed E-state index contributed by atoms with van der Waals surface area (Å²) in [6, 6.07) is 8.59. The molecule has 1 aromatic heterocycles. The van der Waals surface area contributed by atoms with Crippen molar-refractivity contribution in [1.29, 1.82) is 0 Å². The van der Waals surface area contributed by atoms with Gasteiger partial charge >= 0.3 is 6.03 Å². The summed E-state index contributed by atoms with van der Waals surface area (Å²) in [6.07, 6.45) is 3.34. The van der Waals surface area contributed by atoms with Gasteiger partial charge in [0.15, 0.2) is 5.78 Å². The molecule has 0 unspecified atom stereocenters. The van der Waals surface area contributed by atoms with Gasteiger partial charge in [-0.2, -0.15) is 11.3 Å². The van der Waals surface area contributed by atoms with E-state index in [2.05, 4.69) is 10.6 Å². The second kappa shape index (κ2) is 7.56. The summed E-state index contributed by atoms with van der Waals surface area (Å²) < 4.78 is 0. The molecule has 0 saturated carbocycles. The number of hydrogen-bond acceptors (Lipinski definition) is 3. The van der Waals surface area contributed by atoms with E-state index in [1.807, 2.05) is 30.7 Å². The second-order valence-corrected chi connectivity index (χ2v) is 5.86. The molecule has 0 spiro atoms. The van der Waals surface area contributed by atoms with Gasteiger partial charge in [-0.3, -0.25) is 4.79 Å². The maximum Gasteiger partial charge on any atom is 0.319 e. The van der Waals surface area contributed by atoms with E-state index in [4.69, 9.17) is 0 Å². The Hall–Kier alpha value is -2.40. The van der Waals surface area contributed by atoms with E-state index in [1.165, 1.54) is 0 Å². The summed E-state index contributed by atoms with van der Waals surface area (Å²) in [5.41, 5.74) is 2.25. The van der Waals surface area contributed by atoms with Gasteiger partial charge in [-0.25, -0.2) is 4.79 Å². The molecule has 0 bridgehead atoms. The molecule has 0 aliphatic carbocycles. The molecule has 0 fully saturated rings. The van der Waals surface area contributed by atoms with Gasteiger partial charge in [-0.15, -0.1) is 0 Å². The summed E-state index contributed by atoms with van der Waals surface area (Å²) in [5.74, 6) is -0.0654. The molecule has 0 atom stereocenters. The number of hydrogen-bond donors (Lipinski definition) is 2. The maximum absolute atomic E-state index is 12.0. The third-order valence-electron chi connectivity index (χ3n) is 2.82. The van der Waals surface area contributed by atoms with Crippen LogP contribution in [0.4, 0.5) is 10.5 Å². The number of amides is 2. The van der Waals surface area contributed by atoms with E-state index in [0.29, 0.717) is 11.3 Å². The van der Waals surface area contributed by atoms with Gasteiger partial charge in [0, 0.05) is 17.3 Å². The zero-order valence-electron chi connectivity index (χ0n) is 12.5. The molecular weight excluding hydrogens is 296 g/mol. The Kier molecular flexibility index (Phi) is 5.49. The van der Waals surface area contributed by atoms with Crippen molar-refractivity contribution in [3.63, 3.8) is 0 Å². The summed E-state index contributed by atoms with van der Waals surface area (Å²) in [4.78, 5) is 23.6. The van der Waals surface area contributed by atoms with Crippen LogP contribution in [0.3, 0.4) is 0 Å². The highest BCUT2D eigenvalue weighted by molar-refractivity contribution is 7.08. The second-order valence-electron chi connectivity index (χ2n) is 5.08. The predicted octanol–water partition coefficient (Wildman–Crippen LogP) is 4.17. The summed E-state index contributed by atoms with van der Waals surface area (Å²) in [6.45, 7) is 3.78. The van der Waals surface area contributed by atoms with E-state index in [1.54, 1.807) is 47.8 Å². The summed E-state index contributed by atoms with van der Waals surface area (Å²) in [5, 5.41) is 9.39. The largest absolute Gasteiger partial charge is 0.336 e. The van der Waals surface area contributed by atoms with Crippen molar-refractivity contribution in [1.82, 2.24) is 5.32 Å². The van der Waals surface area contributed by atoms with Gasteiger partial charge in [0.25, 0.3) is 0 Å². The number of urea groups is 1. The van der Waals surface area contributed by atoms with Gasteiger partial charge < -0.3 is 10.6 Å². The topological polar surface area (TPSA) is 58.2 Å². The molecule has 0 aliphatic heterocycles. The van der Waals surface area contributed by atoms with Crippen molar-refractivity contribution in [2.24, 2.45) is 0 Å². The van der Waals surface area contributed by atoms with Crippen molar-refractivity contribution in [3.8, 4) is 0 Å². The zero-order chi connectivity index (χ0) is 15.9. The first-order valence-electron chi connectivity index (χ1n) is 6.97. The van der Waals surface area contributed by atoms with Crippen LogP contribution in [0.2, 0.25) is 0 Å². The minimum absolute atomic E-state index is 0.0654. The lowest BCUT2D eigenvalue weighted by Crippen LogP contribution is -2.34. The average Bonchev–Trinajstić information content (AvgIpc) is 2.98. The van der Waals surface area contributed by atoms with Gasteiger partial charge in [0.05, 0.1) is 0 Å². The third-order valence-corrected chi connectivity index (χ3v) is 3.52. The number of anilines is 1. The van der Waals surface area contributed by atoms with Gasteiger partial charge in [0.1, 0.15) is 0 Å². The van der Waals surface area contributed by atoms with Crippen molar-refractivity contribution < 1.29 is 9.59 Å². The highest BCUT2D eigenvalue weighted by Gasteiger charge is 2.05. The van der Waals surface area contributed by atoms with E-state index in [-0.39, 0.29) is 17.9 Å². The van der Waals surface area contributed by atoms with Crippen LogP contribution in [0.1, 0.15) is 29.8 Å². The molecule has 2 aromatic rings. The standard InChI is InChI=1S/C17H18N2O2S/c1-12(2)18-17(21)19-15-6-4-14(5-7-15)16(20)8-3-13-9-10-22-11-13/h3-12H,1-2H3,(H2,18,19,21)/b8-3-. The zero-order valence-corrected chi connectivity index (χ0v) is 13.3. The smallest absolute Gasteiger partial charge is 0.319 e. The molecule has 0 aliphatic rings. The molecule has 0 saturated heterocycles. The molecule has 2 rings (SSSR count). The number of allylic oxidation sites excluding steroid dienone is 1. The SMILES string of the molecule is CC(C)NC(=O)Nc1ccc(C(=O)/C=C\c2ccsc2)cc1. The minimum Gasteiger partial charge on any atom is -0.336 e. The van der Waals surface area contributed by atoms with Crippen LogP contribution in [0.25, 0.3) is 6.08 Å². The van der Waals surface area contributed by atoms with Crippen LogP contribution in [-0.2, 0) is 0 Å². The quantitative estimate of drug-likeness (QED) is 0.642. The maximum atomic E-state index is 12.0. The highest BCUT2D eigenvalue weighted by Crippen LogP contribution is 2.12. The molecule has 2 amide bonds. The average molecular weight is 314 g/mol. The third kappa shape index (κ3) is 4.86. The summed E-state index contributed by atoms with van der Waals surface area (Å²) >= 11 is 1.59. The Bertz CT molecular complexity index is 658. The van der Waals surface area contributed by atoms with Gasteiger partial charge in [-0.1, -0.05) is 6.08 Å². The lowest BCUT2D eigenvalue weighted by atomic mass is 10.1. The molecule has 114 valence electrons. The van der Waals surface area contributed by atoms with Gasteiger partial charge in [0.2, 0.25) is 0 Å². The fraction of sp³-hybridized carbons (Fsp3) is 0.176. The van der Waals surface area contributed by atoms with Crippen LogP contribution >= 0.6 is 11.3 Å². The predicted molar refractivity (Wildman–Crippen MR) is 91.4 cm³/mol. The number of thiophene rings is 1. The molecule has 2 N–H and O–H groups in total. The number of carbonyl (C=O) groups excluding carboxylic acids is 2. The Morgan fingerprint density at radius 2 is 1.86 bits per heavy atom. The number of carbonyl (C=O) groups is 2. The lowest BCUT2D eigenvalue weighted by Gasteiger charge is -2.10. The number of ketones is 1. The molecule has 5 heteroatoms. The first-order chi connectivity index (χ1) is 10.5. The van der Waals surface area contributed by atoms with E-state index in [9.17, 15) is 9.59 Å². The molecular formula is C17H18N2O2S. The minimum atomic E-state index is -0.258. The molecule has 0 radical (unpaired) electrons. The van der Waals surface area contributed by atoms with Crippen molar-refractivity contribution >= 4 is 34.9 Å². The fourth-order valence-electron chi connectivity index (χ4n) is 1.79. The van der Waals surface area contributed by atoms with Crippen LogP contribution < -0.4 is 10.6 Å². The molecule has 1 aromatic carbocycles. The highest BCUT2D eigenvalue weighted by atomic mass is 32.1. The van der Waals surface area contributed by atoms with Crippen LogP contribution in [0.15, 0.2) is 47.2 Å². The Morgan fingerprint density at radius 3 is 2.45 bits per heavy atom. The number of rotatable bonds is 5. The first-order valence-corrected chi connectivity index (χ1v) is 7.91. The normalized spacial score (nSPS) is 10.9. The van der Waals surface area contributed by atoms with E-state index < -0.39 is 0 Å². The lowest BCUT2D eigenvalue weighted by molar-refractivity contribution is 0.104. The van der Waals surface area contributed by atoms with E-state index in [0.717, 1.165) is 5.56 Å². The van der Waals surface area contributed by atoms with Crippen molar-refractivity contribution in [2.75, 3.05) is 5.32 Å². The van der Waals surface area contributed by atoms with Crippen molar-refractivity contribution in [3.05, 3.63) is 58.3 Å². The number of nitrogens with one attached hydrogen (secondary N) is 2. The van der Waals surface area contributed by atoms with Crippen molar-refractivity contribution in [2.45, 2.75) is 19.9 Å². The van der Waals surface area contributed by atoms with E-state index >= 15 is 0 Å². The fourth-order valence-corrected chi connectivity index (χ4v) is 2.41. The first kappa shape index (κ1) is 16.0. The molecule has 4 nitrogen and oxygen atoms in total. The Balaban J connectivity index is 1.96. The Labute approximate surface area is 133 Å². The van der Waals surface area contributed by atoms with Crippen LogP contribution in [-0.4, -0.2) is 17.9 Å². The monoisotopic (exact) mass is 314 g/mol. The summed E-state index contributed by atoms with van der Waals surface area (Å²) in [7, 11) is 0. The van der Waals surface area contributed by atoms with Crippen LogP contribution in [0.5, 0.6) is 0 Å². The van der Waals surface area contributed by atoms with Crippen LogP contribution in [0, 0.1) is 0 Å². The Morgan fingerprint density at radius 1 is 1.14 bits per heavy atom.